The fourth-order valence-electron chi connectivity index (χ4n) is 3.65. The third-order valence-electron chi connectivity index (χ3n) is 5.08. The van der Waals surface area contributed by atoms with Gasteiger partial charge in [-0.3, -0.25) is 14.5 Å². The Morgan fingerprint density at radius 2 is 1.81 bits per heavy atom. The average Bonchev–Trinajstić information content (AvgIpc) is 3.31. The standard InChI is InChI=1S/C24H19F2NO5/c1-3-31-16-8-5-14(6-9-16)22(28)20-21(19-11-4-13(2)32-19)27(24(30)23(20)29)18-12-15(25)7-10-17(18)26/h4-12,21,28H,3H2,1-2H3/b22-20-. The van der Waals surface area contributed by atoms with Gasteiger partial charge in [0.15, 0.2) is 0 Å². The Morgan fingerprint density at radius 3 is 2.44 bits per heavy atom. The van der Waals surface area contributed by atoms with Crippen LogP contribution in [0.1, 0.15) is 30.0 Å². The molecule has 1 amide bonds. The number of carbonyl (C=O) groups excluding carboxylic acids is 2. The van der Waals surface area contributed by atoms with Gasteiger partial charge in [0.05, 0.1) is 17.9 Å². The van der Waals surface area contributed by atoms with Gasteiger partial charge in [-0.2, -0.15) is 0 Å². The maximum absolute atomic E-state index is 14.6. The van der Waals surface area contributed by atoms with E-state index in [9.17, 15) is 23.5 Å². The molecule has 4 rings (SSSR count). The highest BCUT2D eigenvalue weighted by Crippen LogP contribution is 2.43. The highest BCUT2D eigenvalue weighted by Gasteiger charge is 2.49. The van der Waals surface area contributed by atoms with Crippen LogP contribution in [0.25, 0.3) is 5.76 Å². The summed E-state index contributed by atoms with van der Waals surface area (Å²) in [6.07, 6.45) is 0. The monoisotopic (exact) mass is 439 g/mol. The Morgan fingerprint density at radius 1 is 1.09 bits per heavy atom. The van der Waals surface area contributed by atoms with Crippen molar-refractivity contribution in [2.45, 2.75) is 19.9 Å². The molecule has 1 aromatic heterocycles. The number of aliphatic hydroxyl groups is 1. The van der Waals surface area contributed by atoms with Gasteiger partial charge in [0.1, 0.15) is 40.7 Å². The molecule has 0 spiro atoms. The van der Waals surface area contributed by atoms with Gasteiger partial charge < -0.3 is 14.3 Å². The van der Waals surface area contributed by atoms with Crippen molar-refractivity contribution in [2.24, 2.45) is 0 Å². The average molecular weight is 439 g/mol. The lowest BCUT2D eigenvalue weighted by molar-refractivity contribution is -0.132. The van der Waals surface area contributed by atoms with Gasteiger partial charge in [0.25, 0.3) is 11.7 Å². The molecule has 2 aromatic carbocycles. The first kappa shape index (κ1) is 21.3. The zero-order valence-electron chi connectivity index (χ0n) is 17.3. The lowest BCUT2D eigenvalue weighted by atomic mass is 9.99. The van der Waals surface area contributed by atoms with Gasteiger partial charge >= 0.3 is 0 Å². The molecule has 1 atom stereocenters. The second kappa shape index (κ2) is 8.30. The molecular formula is C24H19F2NO5. The Hall–Kier alpha value is -3.94. The summed E-state index contributed by atoms with van der Waals surface area (Å²) >= 11 is 0. The first-order valence-corrected chi connectivity index (χ1v) is 9.87. The molecule has 164 valence electrons. The van der Waals surface area contributed by atoms with Crippen LogP contribution in [0.4, 0.5) is 14.5 Å². The molecule has 8 heteroatoms. The van der Waals surface area contributed by atoms with Gasteiger partial charge in [-0.1, -0.05) is 0 Å². The van der Waals surface area contributed by atoms with Crippen molar-refractivity contribution in [3.05, 3.63) is 88.9 Å². The molecule has 0 aliphatic carbocycles. The molecule has 1 aliphatic heterocycles. The quantitative estimate of drug-likeness (QED) is 0.348. The Kier molecular flexibility index (Phi) is 5.52. The molecule has 0 bridgehead atoms. The highest BCUT2D eigenvalue weighted by atomic mass is 19.1. The number of hydrogen-bond acceptors (Lipinski definition) is 5. The predicted octanol–water partition coefficient (Wildman–Crippen LogP) is 4.89. The third kappa shape index (κ3) is 3.64. The van der Waals surface area contributed by atoms with Gasteiger partial charge in [-0.25, -0.2) is 8.78 Å². The number of amides is 1. The van der Waals surface area contributed by atoms with Gasteiger partial charge in [-0.15, -0.1) is 0 Å². The van der Waals surface area contributed by atoms with Crippen LogP contribution < -0.4 is 9.64 Å². The SMILES string of the molecule is CCOc1ccc(/C(O)=C2/C(=O)C(=O)N(c3cc(F)ccc3F)C2c2ccc(C)o2)cc1. The van der Waals surface area contributed by atoms with Crippen molar-refractivity contribution in [1.82, 2.24) is 0 Å². The molecule has 0 radical (unpaired) electrons. The molecule has 1 aliphatic rings. The smallest absolute Gasteiger partial charge is 0.300 e. The van der Waals surface area contributed by atoms with E-state index in [1.807, 2.05) is 6.92 Å². The third-order valence-corrected chi connectivity index (χ3v) is 5.08. The largest absolute Gasteiger partial charge is 0.507 e. The normalized spacial score (nSPS) is 17.8. The van der Waals surface area contributed by atoms with E-state index < -0.39 is 40.8 Å². The van der Waals surface area contributed by atoms with E-state index in [1.165, 1.54) is 18.2 Å². The maximum Gasteiger partial charge on any atom is 0.300 e. The number of hydrogen-bond donors (Lipinski definition) is 1. The summed E-state index contributed by atoms with van der Waals surface area (Å²) in [5.41, 5.74) is -0.478. The van der Waals surface area contributed by atoms with Crippen molar-refractivity contribution in [3.63, 3.8) is 0 Å². The van der Waals surface area contributed by atoms with Crippen LogP contribution >= 0.6 is 0 Å². The molecular weight excluding hydrogens is 420 g/mol. The molecule has 1 N–H and O–H groups in total. The zero-order valence-corrected chi connectivity index (χ0v) is 17.3. The molecule has 2 heterocycles. The molecule has 0 saturated carbocycles. The molecule has 1 saturated heterocycles. The van der Waals surface area contributed by atoms with E-state index in [1.54, 1.807) is 25.1 Å². The van der Waals surface area contributed by atoms with Crippen LogP contribution in [0.3, 0.4) is 0 Å². The van der Waals surface area contributed by atoms with Crippen LogP contribution in [0.5, 0.6) is 5.75 Å². The summed E-state index contributed by atoms with van der Waals surface area (Å²) in [6.45, 7) is 3.94. The second-order valence-corrected chi connectivity index (χ2v) is 7.17. The van der Waals surface area contributed by atoms with E-state index in [-0.39, 0.29) is 16.9 Å². The van der Waals surface area contributed by atoms with Gasteiger partial charge in [0.2, 0.25) is 0 Å². The summed E-state index contributed by atoms with van der Waals surface area (Å²) < 4.78 is 39.5. The number of carbonyl (C=O) groups is 2. The van der Waals surface area contributed by atoms with E-state index in [2.05, 4.69) is 0 Å². The summed E-state index contributed by atoms with van der Waals surface area (Å²) in [6, 6.07) is 10.7. The summed E-state index contributed by atoms with van der Waals surface area (Å²) in [7, 11) is 0. The lowest BCUT2D eigenvalue weighted by Gasteiger charge is -2.23. The number of aryl methyl sites for hydroxylation is 1. The number of ether oxygens (including phenoxy) is 1. The minimum Gasteiger partial charge on any atom is -0.507 e. The van der Waals surface area contributed by atoms with E-state index >= 15 is 0 Å². The molecule has 6 nitrogen and oxygen atoms in total. The van der Waals surface area contributed by atoms with Crippen LogP contribution in [-0.4, -0.2) is 23.4 Å². The minimum absolute atomic E-state index is 0.123. The zero-order chi connectivity index (χ0) is 23.0. The van der Waals surface area contributed by atoms with Crippen LogP contribution in [0, 0.1) is 18.6 Å². The number of Topliss-reactive ketones (excluding diaryl/α,β-unsaturated/α-hetero) is 1. The lowest BCUT2D eigenvalue weighted by Crippen LogP contribution is -2.30. The molecule has 32 heavy (non-hydrogen) atoms. The van der Waals surface area contributed by atoms with Crippen molar-refractivity contribution >= 4 is 23.1 Å². The topological polar surface area (TPSA) is 80.0 Å². The van der Waals surface area contributed by atoms with Crippen LogP contribution in [0.15, 0.2) is 64.6 Å². The molecule has 3 aromatic rings. The minimum atomic E-state index is -1.29. The van der Waals surface area contributed by atoms with Crippen molar-refractivity contribution < 1.29 is 32.6 Å². The summed E-state index contributed by atoms with van der Waals surface area (Å²) in [5, 5.41) is 11.0. The number of aliphatic hydroxyl groups excluding tert-OH is 1. The van der Waals surface area contributed by atoms with Crippen LogP contribution in [0.2, 0.25) is 0 Å². The fraction of sp³-hybridized carbons (Fsp3) is 0.167. The number of benzene rings is 2. The van der Waals surface area contributed by atoms with Crippen LogP contribution in [-0.2, 0) is 9.59 Å². The maximum atomic E-state index is 14.6. The Balaban J connectivity index is 1.91. The number of nitrogens with zero attached hydrogens (tertiary/aromatic N) is 1. The summed E-state index contributed by atoms with van der Waals surface area (Å²) in [4.78, 5) is 26.7. The number of ketones is 1. The van der Waals surface area contributed by atoms with Crippen molar-refractivity contribution in [3.8, 4) is 5.75 Å². The Labute approximate surface area is 182 Å². The molecule has 1 fully saturated rings. The van der Waals surface area contributed by atoms with E-state index in [0.717, 1.165) is 23.1 Å². The Bertz CT molecular complexity index is 1230. The number of halogens is 2. The van der Waals surface area contributed by atoms with Gasteiger partial charge in [0, 0.05) is 11.6 Å². The first-order chi connectivity index (χ1) is 15.3. The molecule has 1 unspecified atom stereocenters. The van der Waals surface area contributed by atoms with Gasteiger partial charge in [-0.05, 0) is 62.4 Å². The number of rotatable bonds is 5. The summed E-state index contributed by atoms with van der Waals surface area (Å²) in [5.74, 6) is -3.15. The van der Waals surface area contributed by atoms with Crippen molar-refractivity contribution in [2.75, 3.05) is 11.5 Å². The highest BCUT2D eigenvalue weighted by molar-refractivity contribution is 6.51. The fourth-order valence-corrected chi connectivity index (χ4v) is 3.65. The first-order valence-electron chi connectivity index (χ1n) is 9.87. The second-order valence-electron chi connectivity index (χ2n) is 7.17. The number of furan rings is 1. The predicted molar refractivity (Wildman–Crippen MR) is 112 cm³/mol. The van der Waals surface area contributed by atoms with E-state index in [4.69, 9.17) is 9.15 Å². The van der Waals surface area contributed by atoms with Crippen molar-refractivity contribution in [1.29, 1.82) is 0 Å². The number of anilines is 1. The van der Waals surface area contributed by atoms with E-state index in [0.29, 0.717) is 18.1 Å².